The van der Waals surface area contributed by atoms with Gasteiger partial charge in [0.1, 0.15) is 22.6 Å². The molecular formula is C26H20ClFN4O3. The van der Waals surface area contributed by atoms with E-state index >= 15 is 0 Å². The van der Waals surface area contributed by atoms with Gasteiger partial charge in [-0.25, -0.2) is 9.37 Å². The minimum absolute atomic E-state index is 0.0191. The van der Waals surface area contributed by atoms with E-state index in [2.05, 4.69) is 10.3 Å². The van der Waals surface area contributed by atoms with E-state index in [9.17, 15) is 19.2 Å². The molecule has 2 heterocycles. The number of benzene rings is 2. The fourth-order valence-corrected chi connectivity index (χ4v) is 4.14. The number of nitrogens with zero attached hydrogens (tertiary/aromatic N) is 2. The van der Waals surface area contributed by atoms with Gasteiger partial charge < -0.3 is 15.5 Å². The molecule has 0 saturated carbocycles. The lowest BCUT2D eigenvalue weighted by molar-refractivity contribution is 0.0996. The first kappa shape index (κ1) is 23.9. The van der Waals surface area contributed by atoms with E-state index in [1.54, 1.807) is 25.1 Å². The van der Waals surface area contributed by atoms with Crippen LogP contribution in [0.25, 0.3) is 22.3 Å². The molecule has 7 nitrogen and oxygen atoms in total. The molecule has 4 aromatic rings. The quantitative estimate of drug-likeness (QED) is 0.361. The molecule has 9 heteroatoms. The van der Waals surface area contributed by atoms with Crippen LogP contribution < -0.4 is 16.5 Å². The second kappa shape index (κ2) is 9.20. The number of hydrogen-bond donors (Lipinski definition) is 2. The summed E-state index contributed by atoms with van der Waals surface area (Å²) in [6, 6.07) is 12.3. The minimum Gasteiger partial charge on any atom is -0.455 e. The minimum atomic E-state index is -0.765. The SMILES string of the molecule is Cc1cc(C(C)Nc2ccc(Cl)nc2C(N)=O)c2oc(-c3cccc(C#N)c3F)c(C)c(=O)c2c1. The van der Waals surface area contributed by atoms with Crippen molar-refractivity contribution in [3.05, 3.63) is 91.6 Å². The zero-order valence-corrected chi connectivity index (χ0v) is 19.8. The van der Waals surface area contributed by atoms with Crippen molar-refractivity contribution in [3.63, 3.8) is 0 Å². The largest absolute Gasteiger partial charge is 0.455 e. The van der Waals surface area contributed by atoms with Crippen molar-refractivity contribution < 1.29 is 13.6 Å². The number of halogens is 2. The lowest BCUT2D eigenvalue weighted by Gasteiger charge is -2.20. The molecule has 0 spiro atoms. The number of nitriles is 1. The summed E-state index contributed by atoms with van der Waals surface area (Å²) < 4.78 is 21.1. The molecule has 1 amide bonds. The summed E-state index contributed by atoms with van der Waals surface area (Å²) in [7, 11) is 0. The summed E-state index contributed by atoms with van der Waals surface area (Å²) in [4.78, 5) is 29.2. The standard InChI is InChI=1S/C26H20ClFN4O3/c1-12-9-17(14(3)31-19-7-8-20(27)32-22(19)26(30)34)25-18(10-12)23(33)13(2)24(35-25)16-6-4-5-15(11-29)21(16)28/h4-10,14,31H,1-3H3,(H2,30,34). The number of primary amides is 1. The predicted molar refractivity (Wildman–Crippen MR) is 132 cm³/mol. The molecule has 0 radical (unpaired) electrons. The Morgan fingerprint density at radius 3 is 2.69 bits per heavy atom. The van der Waals surface area contributed by atoms with Gasteiger partial charge in [0.2, 0.25) is 0 Å². The molecule has 0 saturated heterocycles. The number of aryl methyl sites for hydroxylation is 1. The molecule has 1 unspecified atom stereocenters. The van der Waals surface area contributed by atoms with E-state index < -0.39 is 17.8 Å². The van der Waals surface area contributed by atoms with Gasteiger partial charge in [-0.3, -0.25) is 9.59 Å². The Labute approximate surface area is 205 Å². The van der Waals surface area contributed by atoms with E-state index in [0.717, 1.165) is 5.56 Å². The molecule has 0 aliphatic rings. The summed E-state index contributed by atoms with van der Waals surface area (Å²) in [5.74, 6) is -1.48. The van der Waals surface area contributed by atoms with Crippen LogP contribution in [0, 0.1) is 31.0 Å². The highest BCUT2D eigenvalue weighted by Crippen LogP contribution is 2.34. The highest BCUT2D eigenvalue weighted by molar-refractivity contribution is 6.29. The van der Waals surface area contributed by atoms with Crippen molar-refractivity contribution in [1.82, 2.24) is 4.98 Å². The number of hydrogen-bond acceptors (Lipinski definition) is 6. The van der Waals surface area contributed by atoms with Gasteiger partial charge in [0.25, 0.3) is 5.91 Å². The van der Waals surface area contributed by atoms with Gasteiger partial charge in [0.15, 0.2) is 16.9 Å². The van der Waals surface area contributed by atoms with Gasteiger partial charge in [0.05, 0.1) is 28.2 Å². The number of rotatable bonds is 5. The number of nitrogens with two attached hydrogens (primary N) is 1. The van der Waals surface area contributed by atoms with Gasteiger partial charge >= 0.3 is 0 Å². The lowest BCUT2D eigenvalue weighted by Crippen LogP contribution is -2.18. The molecular weight excluding hydrogens is 471 g/mol. The van der Waals surface area contributed by atoms with Crippen LogP contribution in [0.3, 0.4) is 0 Å². The number of carbonyl (C=O) groups is 1. The number of nitrogens with one attached hydrogen (secondary N) is 1. The molecule has 0 fully saturated rings. The average molecular weight is 491 g/mol. The van der Waals surface area contributed by atoms with Crippen LogP contribution in [-0.2, 0) is 0 Å². The summed E-state index contributed by atoms with van der Waals surface area (Å²) in [6.45, 7) is 5.21. The molecule has 0 aliphatic carbocycles. The van der Waals surface area contributed by atoms with Crippen LogP contribution in [0.4, 0.5) is 10.1 Å². The van der Waals surface area contributed by atoms with Crippen LogP contribution in [-0.4, -0.2) is 10.9 Å². The Morgan fingerprint density at radius 2 is 2.00 bits per heavy atom. The maximum atomic E-state index is 15.0. The lowest BCUT2D eigenvalue weighted by atomic mass is 9.98. The number of carbonyl (C=O) groups excluding carboxylic acids is 1. The third kappa shape index (κ3) is 4.34. The first-order chi connectivity index (χ1) is 16.6. The monoisotopic (exact) mass is 490 g/mol. The van der Waals surface area contributed by atoms with E-state index in [4.69, 9.17) is 21.8 Å². The zero-order valence-electron chi connectivity index (χ0n) is 19.1. The fraction of sp³-hybridized carbons (Fsp3) is 0.154. The van der Waals surface area contributed by atoms with Crippen LogP contribution in [0.5, 0.6) is 0 Å². The second-order valence-electron chi connectivity index (χ2n) is 8.16. The average Bonchev–Trinajstić information content (AvgIpc) is 2.82. The van der Waals surface area contributed by atoms with Crippen molar-refractivity contribution in [3.8, 4) is 17.4 Å². The Morgan fingerprint density at radius 1 is 1.26 bits per heavy atom. The number of aromatic nitrogens is 1. The van der Waals surface area contributed by atoms with E-state index in [1.807, 2.05) is 19.9 Å². The summed E-state index contributed by atoms with van der Waals surface area (Å²) in [6.07, 6.45) is 0. The van der Waals surface area contributed by atoms with E-state index in [-0.39, 0.29) is 44.3 Å². The smallest absolute Gasteiger partial charge is 0.269 e. The first-order valence-corrected chi connectivity index (χ1v) is 11.0. The Bertz CT molecular complexity index is 1610. The summed E-state index contributed by atoms with van der Waals surface area (Å²) >= 11 is 5.91. The van der Waals surface area contributed by atoms with Crippen LogP contribution in [0.2, 0.25) is 5.15 Å². The first-order valence-electron chi connectivity index (χ1n) is 10.6. The van der Waals surface area contributed by atoms with E-state index in [1.165, 1.54) is 24.3 Å². The van der Waals surface area contributed by atoms with Crippen LogP contribution in [0.15, 0.2) is 51.7 Å². The predicted octanol–water partition coefficient (Wildman–Crippen LogP) is 5.41. The topological polar surface area (TPSA) is 122 Å². The molecule has 2 aromatic carbocycles. The number of amides is 1. The van der Waals surface area contributed by atoms with Gasteiger partial charge in [-0.1, -0.05) is 23.7 Å². The Balaban J connectivity index is 1.93. The zero-order chi connectivity index (χ0) is 25.4. The van der Waals surface area contributed by atoms with Crippen molar-refractivity contribution in [2.75, 3.05) is 5.32 Å². The molecule has 1 atom stereocenters. The third-order valence-electron chi connectivity index (χ3n) is 5.69. The fourth-order valence-electron chi connectivity index (χ4n) is 3.99. The molecule has 2 aromatic heterocycles. The molecule has 176 valence electrons. The molecule has 0 aliphatic heterocycles. The molecule has 3 N–H and O–H groups in total. The number of anilines is 1. The molecule has 4 rings (SSSR count). The normalized spacial score (nSPS) is 11.8. The van der Waals surface area contributed by atoms with Crippen molar-refractivity contribution >= 4 is 34.2 Å². The molecule has 35 heavy (non-hydrogen) atoms. The molecule has 0 bridgehead atoms. The van der Waals surface area contributed by atoms with Gasteiger partial charge in [0, 0.05) is 11.1 Å². The van der Waals surface area contributed by atoms with Crippen LogP contribution >= 0.6 is 11.6 Å². The maximum Gasteiger partial charge on any atom is 0.269 e. The van der Waals surface area contributed by atoms with Crippen molar-refractivity contribution in [2.45, 2.75) is 26.8 Å². The Hall–Kier alpha value is -4.22. The van der Waals surface area contributed by atoms with Gasteiger partial charge in [-0.15, -0.1) is 0 Å². The van der Waals surface area contributed by atoms with Crippen LogP contribution in [0.1, 0.15) is 45.7 Å². The highest BCUT2D eigenvalue weighted by Gasteiger charge is 2.22. The summed E-state index contributed by atoms with van der Waals surface area (Å²) in [5.41, 5.74) is 7.21. The van der Waals surface area contributed by atoms with E-state index in [0.29, 0.717) is 16.6 Å². The van der Waals surface area contributed by atoms with Gasteiger partial charge in [-0.2, -0.15) is 5.26 Å². The second-order valence-corrected chi connectivity index (χ2v) is 8.54. The summed E-state index contributed by atoms with van der Waals surface area (Å²) in [5, 5.41) is 12.8. The highest BCUT2D eigenvalue weighted by atomic mass is 35.5. The van der Waals surface area contributed by atoms with Crippen molar-refractivity contribution in [1.29, 1.82) is 5.26 Å². The maximum absolute atomic E-state index is 15.0. The van der Waals surface area contributed by atoms with Gasteiger partial charge in [-0.05, 0) is 56.7 Å². The third-order valence-corrected chi connectivity index (χ3v) is 5.90. The Kier molecular flexibility index (Phi) is 6.29. The number of pyridine rings is 1. The van der Waals surface area contributed by atoms with Crippen molar-refractivity contribution in [2.24, 2.45) is 5.73 Å². The number of fused-ring (bicyclic) bond motifs is 1.